The third-order valence-electron chi connectivity index (χ3n) is 4.61. The van der Waals surface area contributed by atoms with Crippen LogP contribution in [0.5, 0.6) is 11.5 Å². The van der Waals surface area contributed by atoms with Gasteiger partial charge in [0.1, 0.15) is 6.04 Å². The average molecular weight is 350 g/mol. The van der Waals surface area contributed by atoms with Crippen LogP contribution in [0.25, 0.3) is 0 Å². The van der Waals surface area contributed by atoms with Crippen molar-refractivity contribution in [3.8, 4) is 11.5 Å². The molecule has 7 nitrogen and oxygen atoms in total. The Morgan fingerprint density at radius 1 is 1.32 bits per heavy atom. The van der Waals surface area contributed by atoms with Gasteiger partial charge >= 0.3 is 5.97 Å². The molecule has 2 rings (SSSR count). The number of aliphatic carboxylic acids is 1. The number of carboxylic acids is 1. The largest absolute Gasteiger partial charge is 0.493 e. The third-order valence-corrected chi connectivity index (χ3v) is 4.61. The SMILES string of the molecule is COc1cc(C)c(C(C)NC(=O)CN2CCC[C@@H]2C(=O)O)cc1OC. The lowest BCUT2D eigenvalue weighted by molar-refractivity contribution is -0.142. The monoisotopic (exact) mass is 350 g/mol. The van der Waals surface area contributed by atoms with E-state index in [0.29, 0.717) is 24.5 Å². The van der Waals surface area contributed by atoms with Crippen molar-refractivity contribution in [2.45, 2.75) is 38.8 Å². The number of rotatable bonds is 7. The third kappa shape index (κ3) is 4.42. The molecule has 1 aromatic rings. The first-order chi connectivity index (χ1) is 11.9. The number of likely N-dealkylation sites (tertiary alicyclic amines) is 1. The van der Waals surface area contributed by atoms with Crippen LogP contribution < -0.4 is 14.8 Å². The van der Waals surface area contributed by atoms with E-state index in [1.54, 1.807) is 19.1 Å². The van der Waals surface area contributed by atoms with Gasteiger partial charge in [0.05, 0.1) is 26.8 Å². The number of ether oxygens (including phenoxy) is 2. The van der Waals surface area contributed by atoms with E-state index in [1.807, 2.05) is 26.0 Å². The van der Waals surface area contributed by atoms with Gasteiger partial charge in [-0.15, -0.1) is 0 Å². The lowest BCUT2D eigenvalue weighted by Crippen LogP contribution is -2.43. The molecule has 0 bridgehead atoms. The van der Waals surface area contributed by atoms with Gasteiger partial charge in [0.2, 0.25) is 5.91 Å². The van der Waals surface area contributed by atoms with E-state index in [9.17, 15) is 14.7 Å². The second kappa shape index (κ2) is 8.20. The number of nitrogens with zero attached hydrogens (tertiary/aromatic N) is 1. The van der Waals surface area contributed by atoms with E-state index >= 15 is 0 Å². The van der Waals surface area contributed by atoms with Crippen LogP contribution in [-0.2, 0) is 9.59 Å². The van der Waals surface area contributed by atoms with E-state index < -0.39 is 12.0 Å². The summed E-state index contributed by atoms with van der Waals surface area (Å²) in [5.74, 6) is 0.197. The van der Waals surface area contributed by atoms with Gasteiger partial charge in [-0.05, 0) is 56.5 Å². The highest BCUT2D eigenvalue weighted by atomic mass is 16.5. The Morgan fingerprint density at radius 2 is 1.96 bits per heavy atom. The molecule has 1 amide bonds. The standard InChI is InChI=1S/C18H26N2O5/c1-11-8-15(24-3)16(25-4)9-13(11)12(2)19-17(21)10-20-7-5-6-14(20)18(22)23/h8-9,12,14H,5-7,10H2,1-4H3,(H,19,21)(H,22,23)/t12?,14-/m1/s1. The number of hydrogen-bond donors (Lipinski definition) is 2. The summed E-state index contributed by atoms with van der Waals surface area (Å²) in [5, 5.41) is 12.1. The summed E-state index contributed by atoms with van der Waals surface area (Å²) in [6.07, 6.45) is 1.39. The quantitative estimate of drug-likeness (QED) is 0.779. The Morgan fingerprint density at radius 3 is 2.56 bits per heavy atom. The molecule has 2 atom stereocenters. The highest BCUT2D eigenvalue weighted by Gasteiger charge is 2.31. The first-order valence-electron chi connectivity index (χ1n) is 8.36. The zero-order valence-corrected chi connectivity index (χ0v) is 15.2. The van der Waals surface area contributed by atoms with Crippen LogP contribution in [0.4, 0.5) is 0 Å². The Hall–Kier alpha value is -2.28. The van der Waals surface area contributed by atoms with Crippen molar-refractivity contribution in [2.75, 3.05) is 27.3 Å². The Balaban J connectivity index is 2.05. The van der Waals surface area contributed by atoms with E-state index in [4.69, 9.17) is 9.47 Å². The van der Waals surface area contributed by atoms with Gasteiger partial charge in [0.15, 0.2) is 11.5 Å². The first kappa shape index (κ1) is 19.1. The van der Waals surface area contributed by atoms with Gasteiger partial charge < -0.3 is 19.9 Å². The molecule has 0 saturated carbocycles. The molecule has 0 aliphatic carbocycles. The summed E-state index contributed by atoms with van der Waals surface area (Å²) in [5.41, 5.74) is 1.91. The first-order valence-corrected chi connectivity index (χ1v) is 8.36. The molecule has 0 aromatic heterocycles. The number of methoxy groups -OCH3 is 2. The van der Waals surface area contributed by atoms with Gasteiger partial charge in [-0.2, -0.15) is 0 Å². The van der Waals surface area contributed by atoms with E-state index in [0.717, 1.165) is 17.5 Å². The van der Waals surface area contributed by atoms with Crippen molar-refractivity contribution in [2.24, 2.45) is 0 Å². The Bertz CT molecular complexity index is 647. The van der Waals surface area contributed by atoms with Crippen molar-refractivity contribution < 1.29 is 24.2 Å². The van der Waals surface area contributed by atoms with Crippen molar-refractivity contribution in [3.05, 3.63) is 23.3 Å². The van der Waals surface area contributed by atoms with Crippen LogP contribution in [0.3, 0.4) is 0 Å². The molecule has 25 heavy (non-hydrogen) atoms. The van der Waals surface area contributed by atoms with Crippen LogP contribution in [0, 0.1) is 6.92 Å². The molecule has 1 fully saturated rings. The van der Waals surface area contributed by atoms with Gasteiger partial charge in [-0.1, -0.05) is 0 Å². The van der Waals surface area contributed by atoms with Gasteiger partial charge in [-0.3, -0.25) is 14.5 Å². The lowest BCUT2D eigenvalue weighted by atomic mass is 10.0. The van der Waals surface area contributed by atoms with Gasteiger partial charge in [0.25, 0.3) is 0 Å². The van der Waals surface area contributed by atoms with Gasteiger partial charge in [0, 0.05) is 0 Å². The van der Waals surface area contributed by atoms with Crippen LogP contribution >= 0.6 is 0 Å². The maximum Gasteiger partial charge on any atom is 0.320 e. The summed E-state index contributed by atoms with van der Waals surface area (Å²) in [6, 6.07) is 2.94. The molecule has 1 aliphatic rings. The molecule has 1 aromatic carbocycles. The second-order valence-corrected chi connectivity index (χ2v) is 6.32. The molecular formula is C18H26N2O5. The summed E-state index contributed by atoms with van der Waals surface area (Å²) < 4.78 is 10.6. The number of aryl methyl sites for hydroxylation is 1. The fraction of sp³-hybridized carbons (Fsp3) is 0.556. The Kier molecular flexibility index (Phi) is 6.25. The minimum atomic E-state index is -0.867. The summed E-state index contributed by atoms with van der Waals surface area (Å²) in [6.45, 7) is 4.56. The van der Waals surface area contributed by atoms with Crippen LogP contribution in [0.15, 0.2) is 12.1 Å². The molecule has 1 heterocycles. The summed E-state index contributed by atoms with van der Waals surface area (Å²) in [7, 11) is 3.15. The summed E-state index contributed by atoms with van der Waals surface area (Å²) >= 11 is 0. The Labute approximate surface area is 147 Å². The topological polar surface area (TPSA) is 88.1 Å². The number of carbonyl (C=O) groups excluding carboxylic acids is 1. The minimum Gasteiger partial charge on any atom is -0.493 e. The second-order valence-electron chi connectivity index (χ2n) is 6.32. The van der Waals surface area contributed by atoms with E-state index in [2.05, 4.69) is 5.32 Å². The highest BCUT2D eigenvalue weighted by Crippen LogP contribution is 2.32. The van der Waals surface area contributed by atoms with Crippen molar-refractivity contribution in [1.82, 2.24) is 10.2 Å². The average Bonchev–Trinajstić information content (AvgIpc) is 3.02. The van der Waals surface area contributed by atoms with Crippen LogP contribution in [0.1, 0.15) is 36.9 Å². The molecule has 1 saturated heterocycles. The predicted octanol–water partition coefficient (Wildman–Crippen LogP) is 1.74. The van der Waals surface area contributed by atoms with Crippen molar-refractivity contribution >= 4 is 11.9 Å². The smallest absolute Gasteiger partial charge is 0.320 e. The fourth-order valence-corrected chi connectivity index (χ4v) is 3.31. The number of carboxylic acid groups (broad SMARTS) is 1. The number of nitrogens with one attached hydrogen (secondary N) is 1. The maximum atomic E-state index is 12.3. The normalized spacial score (nSPS) is 18.6. The molecule has 2 N–H and O–H groups in total. The molecule has 138 valence electrons. The number of amides is 1. The van der Waals surface area contributed by atoms with Gasteiger partial charge in [-0.25, -0.2) is 0 Å². The maximum absolute atomic E-state index is 12.3. The fourth-order valence-electron chi connectivity index (χ4n) is 3.31. The number of benzene rings is 1. The van der Waals surface area contributed by atoms with Crippen molar-refractivity contribution in [3.63, 3.8) is 0 Å². The predicted molar refractivity (Wildman–Crippen MR) is 93.1 cm³/mol. The highest BCUT2D eigenvalue weighted by molar-refractivity contribution is 5.80. The zero-order chi connectivity index (χ0) is 18.6. The molecule has 0 radical (unpaired) electrons. The number of carbonyl (C=O) groups is 2. The molecular weight excluding hydrogens is 324 g/mol. The molecule has 0 spiro atoms. The number of hydrogen-bond acceptors (Lipinski definition) is 5. The zero-order valence-electron chi connectivity index (χ0n) is 15.2. The minimum absolute atomic E-state index is 0.0909. The van der Waals surface area contributed by atoms with E-state index in [1.165, 1.54) is 0 Å². The molecule has 1 unspecified atom stereocenters. The molecule has 7 heteroatoms. The lowest BCUT2D eigenvalue weighted by Gasteiger charge is -2.23. The van der Waals surface area contributed by atoms with Crippen LogP contribution in [0.2, 0.25) is 0 Å². The van der Waals surface area contributed by atoms with Crippen molar-refractivity contribution in [1.29, 1.82) is 0 Å². The molecule has 1 aliphatic heterocycles. The summed E-state index contributed by atoms with van der Waals surface area (Å²) in [4.78, 5) is 25.3. The van der Waals surface area contributed by atoms with E-state index in [-0.39, 0.29) is 18.5 Å². The van der Waals surface area contributed by atoms with Crippen LogP contribution in [-0.4, -0.2) is 55.2 Å².